The smallest absolute Gasteiger partial charge is 0.150 e. The Kier molecular flexibility index (Phi) is 4.70. The molecule has 106 valence electrons. The summed E-state index contributed by atoms with van der Waals surface area (Å²) >= 11 is 3.02. The van der Waals surface area contributed by atoms with Gasteiger partial charge in [-0.15, -0.1) is 0 Å². The van der Waals surface area contributed by atoms with Crippen LogP contribution in [0.5, 0.6) is 0 Å². The fourth-order valence-corrected chi connectivity index (χ4v) is 2.41. The molecule has 0 heterocycles. The Morgan fingerprint density at radius 2 is 1.65 bits per heavy atom. The van der Waals surface area contributed by atoms with Crippen LogP contribution in [0.15, 0.2) is 40.9 Å². The molecular weight excluding hydrogens is 331 g/mol. The van der Waals surface area contributed by atoms with Crippen LogP contribution in [0, 0.1) is 17.5 Å². The molecule has 0 aliphatic carbocycles. The van der Waals surface area contributed by atoms with Crippen LogP contribution in [0.2, 0.25) is 0 Å². The highest BCUT2D eigenvalue weighted by atomic mass is 79.9. The van der Waals surface area contributed by atoms with Gasteiger partial charge in [0.1, 0.15) is 23.1 Å². The van der Waals surface area contributed by atoms with E-state index in [0.717, 1.165) is 0 Å². The predicted molar refractivity (Wildman–Crippen MR) is 77.1 cm³/mol. The molecule has 0 aliphatic heterocycles. The highest BCUT2D eigenvalue weighted by molar-refractivity contribution is 9.10. The molecule has 0 fully saturated rings. The molecule has 0 spiro atoms. The molecule has 2 aromatic carbocycles. The minimum absolute atomic E-state index is 0.247. The van der Waals surface area contributed by atoms with Crippen molar-refractivity contribution in [3.63, 3.8) is 0 Å². The summed E-state index contributed by atoms with van der Waals surface area (Å²) in [5.74, 6) is -1.83. The highest BCUT2D eigenvalue weighted by Gasteiger charge is 2.18. The van der Waals surface area contributed by atoms with Crippen molar-refractivity contribution in [1.29, 1.82) is 0 Å². The number of anilines is 1. The van der Waals surface area contributed by atoms with E-state index in [9.17, 15) is 13.2 Å². The Hall–Kier alpha value is -1.49. The summed E-state index contributed by atoms with van der Waals surface area (Å²) in [6, 6.07) is 8.03. The molecule has 1 N–H and O–H groups in total. The third kappa shape index (κ3) is 3.15. The Labute approximate surface area is 123 Å². The van der Waals surface area contributed by atoms with Gasteiger partial charge in [0.25, 0.3) is 0 Å². The van der Waals surface area contributed by atoms with Crippen molar-refractivity contribution in [3.8, 4) is 0 Å². The Morgan fingerprint density at radius 1 is 1.05 bits per heavy atom. The normalized spacial score (nSPS) is 12.2. The second-order valence-electron chi connectivity index (χ2n) is 4.37. The van der Waals surface area contributed by atoms with Crippen LogP contribution in [0.1, 0.15) is 24.9 Å². The van der Waals surface area contributed by atoms with Gasteiger partial charge in [-0.05, 0) is 24.6 Å². The first-order chi connectivity index (χ1) is 9.52. The lowest BCUT2D eigenvalue weighted by molar-refractivity contribution is 0.565. The van der Waals surface area contributed by atoms with E-state index in [1.54, 1.807) is 18.2 Å². The van der Waals surface area contributed by atoms with E-state index >= 15 is 0 Å². The van der Waals surface area contributed by atoms with Crippen molar-refractivity contribution in [1.82, 2.24) is 0 Å². The molecule has 2 aromatic rings. The quantitative estimate of drug-likeness (QED) is 0.780. The third-order valence-corrected chi connectivity index (χ3v) is 3.47. The second kappa shape index (κ2) is 6.31. The zero-order valence-corrected chi connectivity index (χ0v) is 12.3. The number of hydrogen-bond donors (Lipinski definition) is 1. The van der Waals surface area contributed by atoms with Crippen molar-refractivity contribution in [2.24, 2.45) is 0 Å². The standard InChI is InChI=1S/C15H13BrF3N/c1-2-14(10-5-3-4-6-11(10)17)20-15-12(18)7-9(16)8-13(15)19/h3-8,14,20H,2H2,1H3. The molecule has 2 rings (SSSR count). The average Bonchev–Trinajstić information content (AvgIpc) is 2.39. The van der Waals surface area contributed by atoms with Crippen LogP contribution in [-0.4, -0.2) is 0 Å². The molecule has 5 heteroatoms. The van der Waals surface area contributed by atoms with Gasteiger partial charge in [-0.25, -0.2) is 13.2 Å². The van der Waals surface area contributed by atoms with Gasteiger partial charge in [0.2, 0.25) is 0 Å². The lowest BCUT2D eigenvalue weighted by Crippen LogP contribution is -2.13. The molecule has 1 unspecified atom stereocenters. The summed E-state index contributed by atoms with van der Waals surface area (Å²) < 4.78 is 41.7. The third-order valence-electron chi connectivity index (χ3n) is 3.01. The summed E-state index contributed by atoms with van der Waals surface area (Å²) in [5.41, 5.74) is 0.139. The maximum absolute atomic E-state index is 13.8. The monoisotopic (exact) mass is 343 g/mol. The molecule has 0 aromatic heterocycles. The van der Waals surface area contributed by atoms with E-state index in [0.29, 0.717) is 16.5 Å². The van der Waals surface area contributed by atoms with E-state index in [4.69, 9.17) is 0 Å². The molecule has 20 heavy (non-hydrogen) atoms. The van der Waals surface area contributed by atoms with Crippen LogP contribution < -0.4 is 5.32 Å². The molecular formula is C15H13BrF3N. The molecule has 0 bridgehead atoms. The van der Waals surface area contributed by atoms with Gasteiger partial charge in [-0.1, -0.05) is 41.1 Å². The van der Waals surface area contributed by atoms with Crippen LogP contribution in [0.4, 0.5) is 18.9 Å². The van der Waals surface area contributed by atoms with Crippen molar-refractivity contribution < 1.29 is 13.2 Å². The first-order valence-electron chi connectivity index (χ1n) is 6.18. The van der Waals surface area contributed by atoms with Crippen LogP contribution in [0.25, 0.3) is 0 Å². The van der Waals surface area contributed by atoms with Gasteiger partial charge >= 0.3 is 0 Å². The van der Waals surface area contributed by atoms with E-state index in [2.05, 4.69) is 21.2 Å². The van der Waals surface area contributed by atoms with Gasteiger partial charge < -0.3 is 5.32 Å². The van der Waals surface area contributed by atoms with Gasteiger partial charge in [-0.2, -0.15) is 0 Å². The van der Waals surface area contributed by atoms with Gasteiger partial charge in [0.05, 0.1) is 6.04 Å². The van der Waals surface area contributed by atoms with E-state index in [1.807, 2.05) is 6.92 Å². The number of hydrogen-bond acceptors (Lipinski definition) is 1. The first kappa shape index (κ1) is 14.9. The van der Waals surface area contributed by atoms with Crippen molar-refractivity contribution in [2.75, 3.05) is 5.32 Å². The molecule has 0 aliphatic rings. The molecule has 0 radical (unpaired) electrons. The van der Waals surface area contributed by atoms with Crippen LogP contribution >= 0.6 is 15.9 Å². The number of halogens is 4. The summed E-state index contributed by atoms with van der Waals surface area (Å²) in [5, 5.41) is 2.74. The van der Waals surface area contributed by atoms with Crippen molar-refractivity contribution >= 4 is 21.6 Å². The predicted octanol–water partition coefficient (Wildman–Crippen LogP) is 5.43. The van der Waals surface area contributed by atoms with Crippen LogP contribution in [-0.2, 0) is 0 Å². The molecule has 1 nitrogen and oxygen atoms in total. The maximum Gasteiger partial charge on any atom is 0.150 e. The summed E-state index contributed by atoms with van der Waals surface area (Å²) in [7, 11) is 0. The van der Waals surface area contributed by atoms with E-state index < -0.39 is 23.5 Å². The lowest BCUT2D eigenvalue weighted by Gasteiger charge is -2.20. The molecule has 0 saturated heterocycles. The Bertz CT molecular complexity index is 593. The summed E-state index contributed by atoms with van der Waals surface area (Å²) in [4.78, 5) is 0. The molecule has 1 atom stereocenters. The highest BCUT2D eigenvalue weighted by Crippen LogP contribution is 2.29. The zero-order valence-electron chi connectivity index (χ0n) is 10.8. The number of benzene rings is 2. The maximum atomic E-state index is 13.8. The SMILES string of the molecule is CCC(Nc1c(F)cc(Br)cc1F)c1ccccc1F. The average molecular weight is 344 g/mol. The van der Waals surface area contributed by atoms with E-state index in [-0.39, 0.29) is 5.69 Å². The second-order valence-corrected chi connectivity index (χ2v) is 5.29. The zero-order chi connectivity index (χ0) is 14.7. The summed E-state index contributed by atoms with van der Waals surface area (Å²) in [6.45, 7) is 1.82. The lowest BCUT2D eigenvalue weighted by atomic mass is 10.0. The largest absolute Gasteiger partial charge is 0.373 e. The number of rotatable bonds is 4. The Morgan fingerprint density at radius 3 is 2.20 bits per heavy atom. The van der Waals surface area contributed by atoms with Gasteiger partial charge in [0, 0.05) is 10.0 Å². The topological polar surface area (TPSA) is 12.0 Å². The van der Waals surface area contributed by atoms with Crippen LogP contribution in [0.3, 0.4) is 0 Å². The fraction of sp³-hybridized carbons (Fsp3) is 0.200. The first-order valence-corrected chi connectivity index (χ1v) is 6.97. The van der Waals surface area contributed by atoms with Gasteiger partial charge in [-0.3, -0.25) is 0 Å². The number of nitrogens with one attached hydrogen (secondary N) is 1. The minimum atomic E-state index is -0.716. The van der Waals surface area contributed by atoms with Gasteiger partial charge in [0.15, 0.2) is 0 Å². The fourth-order valence-electron chi connectivity index (χ4n) is 2.01. The van der Waals surface area contributed by atoms with Crippen molar-refractivity contribution in [3.05, 3.63) is 63.9 Å². The molecule has 0 saturated carbocycles. The van der Waals surface area contributed by atoms with E-state index in [1.165, 1.54) is 18.2 Å². The van der Waals surface area contributed by atoms with Crippen molar-refractivity contribution in [2.45, 2.75) is 19.4 Å². The molecule has 0 amide bonds. The Balaban J connectivity index is 2.35. The minimum Gasteiger partial charge on any atom is -0.373 e. The summed E-state index contributed by atoms with van der Waals surface area (Å²) in [6.07, 6.45) is 0.496.